The van der Waals surface area contributed by atoms with E-state index in [-0.39, 0.29) is 5.95 Å². The lowest BCUT2D eigenvalue weighted by Crippen LogP contribution is -2.42. The Labute approximate surface area is 80.3 Å². The van der Waals surface area contributed by atoms with Crippen LogP contribution < -0.4 is 5.32 Å². The average Bonchev–Trinajstić information content (AvgIpc) is 2.50. The summed E-state index contributed by atoms with van der Waals surface area (Å²) < 4.78 is 1.52. The molecule has 0 unspecified atom stereocenters. The van der Waals surface area contributed by atoms with E-state index in [9.17, 15) is 10.1 Å². The predicted molar refractivity (Wildman–Crippen MR) is 47.7 cm³/mol. The molecule has 1 N–H and O–H groups in total. The molecule has 0 radical (unpaired) electrons. The molecule has 1 fully saturated rings. The molecule has 1 saturated heterocycles. The van der Waals surface area contributed by atoms with Crippen LogP contribution in [0.15, 0.2) is 6.33 Å². The molecule has 7 heteroatoms. The number of aryl methyl sites for hydroxylation is 1. The lowest BCUT2D eigenvalue weighted by molar-refractivity contribution is -0.394. The molecule has 1 aliphatic rings. The largest absolute Gasteiger partial charge is 0.490 e. The van der Waals surface area contributed by atoms with Crippen LogP contribution in [-0.2, 0) is 6.54 Å². The minimum absolute atomic E-state index is 0.322. The number of nitrogens with zero attached hydrogens (tertiary/aromatic N) is 4. The van der Waals surface area contributed by atoms with Crippen molar-refractivity contribution in [2.45, 2.75) is 13.0 Å². The molecule has 0 bridgehead atoms. The second kappa shape index (κ2) is 3.70. The normalized spacial score (nSPS) is 16.6. The van der Waals surface area contributed by atoms with Gasteiger partial charge in [-0.15, -0.1) is 0 Å². The van der Waals surface area contributed by atoms with E-state index in [0.29, 0.717) is 12.5 Å². The lowest BCUT2D eigenvalue weighted by Gasteiger charge is -2.26. The molecule has 1 aromatic heterocycles. The zero-order valence-corrected chi connectivity index (χ0v) is 7.59. The Bertz CT molecular complexity index is 333. The molecule has 1 aromatic rings. The van der Waals surface area contributed by atoms with Crippen molar-refractivity contribution in [3.63, 3.8) is 0 Å². The van der Waals surface area contributed by atoms with Gasteiger partial charge in [-0.2, -0.15) is 4.68 Å². The summed E-state index contributed by atoms with van der Waals surface area (Å²) in [5.41, 5.74) is 0. The minimum Gasteiger partial charge on any atom is -0.390 e. The van der Waals surface area contributed by atoms with Gasteiger partial charge in [-0.25, -0.2) is 0 Å². The van der Waals surface area contributed by atoms with Gasteiger partial charge >= 0.3 is 5.95 Å². The van der Waals surface area contributed by atoms with Crippen LogP contribution in [0.5, 0.6) is 0 Å². The number of rotatable bonds is 4. The first kappa shape index (κ1) is 9.07. The van der Waals surface area contributed by atoms with Gasteiger partial charge in [0, 0.05) is 5.10 Å². The number of aromatic nitrogens is 3. The fourth-order valence-electron chi connectivity index (χ4n) is 1.34. The van der Waals surface area contributed by atoms with Crippen LogP contribution >= 0.6 is 0 Å². The smallest absolute Gasteiger partial charge is 0.390 e. The Morgan fingerprint density at radius 3 is 3.00 bits per heavy atom. The third kappa shape index (κ3) is 1.87. The maximum absolute atomic E-state index is 10.3. The molecular weight excluding hydrogens is 186 g/mol. The van der Waals surface area contributed by atoms with Gasteiger partial charge in [-0.05, 0) is 30.4 Å². The van der Waals surface area contributed by atoms with Crippen molar-refractivity contribution in [2.24, 2.45) is 5.92 Å². The van der Waals surface area contributed by atoms with E-state index in [0.717, 1.165) is 19.5 Å². The average molecular weight is 197 g/mol. The Morgan fingerprint density at radius 1 is 1.71 bits per heavy atom. The van der Waals surface area contributed by atoms with Crippen molar-refractivity contribution in [2.75, 3.05) is 13.1 Å². The van der Waals surface area contributed by atoms with Gasteiger partial charge in [0.15, 0.2) is 0 Å². The van der Waals surface area contributed by atoms with Gasteiger partial charge in [-0.1, -0.05) is 4.98 Å². The Kier molecular flexibility index (Phi) is 2.40. The zero-order valence-electron chi connectivity index (χ0n) is 7.59. The van der Waals surface area contributed by atoms with Crippen molar-refractivity contribution >= 4 is 5.95 Å². The molecule has 7 nitrogen and oxygen atoms in total. The van der Waals surface area contributed by atoms with Crippen molar-refractivity contribution in [1.29, 1.82) is 0 Å². The van der Waals surface area contributed by atoms with Crippen LogP contribution in [0.25, 0.3) is 0 Å². The van der Waals surface area contributed by atoms with Crippen LogP contribution in [0, 0.1) is 16.0 Å². The molecule has 0 spiro atoms. The second-order valence-corrected chi connectivity index (χ2v) is 3.38. The third-order valence-electron chi connectivity index (χ3n) is 2.32. The standard InChI is InChI=1S/C7H11N5O2/c13-12(14)7-9-5-11(10-7)2-1-6-3-8-4-6/h5-6,8H,1-4H2. The highest BCUT2D eigenvalue weighted by atomic mass is 16.6. The van der Waals surface area contributed by atoms with Crippen LogP contribution in [0.1, 0.15) is 6.42 Å². The number of nitrogens with one attached hydrogen (secondary N) is 1. The summed E-state index contributed by atoms with van der Waals surface area (Å²) in [4.78, 5) is 13.3. The summed E-state index contributed by atoms with van der Waals surface area (Å²) in [7, 11) is 0. The molecular formula is C7H11N5O2. The van der Waals surface area contributed by atoms with E-state index in [4.69, 9.17) is 0 Å². The third-order valence-corrected chi connectivity index (χ3v) is 2.32. The summed E-state index contributed by atoms with van der Waals surface area (Å²) in [6.45, 7) is 2.78. The molecule has 0 atom stereocenters. The molecule has 76 valence electrons. The van der Waals surface area contributed by atoms with E-state index in [2.05, 4.69) is 15.4 Å². The summed E-state index contributed by atoms with van der Waals surface area (Å²) in [5.74, 6) is 0.356. The molecule has 1 aliphatic heterocycles. The lowest BCUT2D eigenvalue weighted by atomic mass is 10.00. The van der Waals surface area contributed by atoms with E-state index in [1.54, 1.807) is 0 Å². The van der Waals surface area contributed by atoms with Crippen molar-refractivity contribution in [1.82, 2.24) is 20.1 Å². The van der Waals surface area contributed by atoms with Crippen LogP contribution in [0.2, 0.25) is 0 Å². The second-order valence-electron chi connectivity index (χ2n) is 3.38. The van der Waals surface area contributed by atoms with E-state index < -0.39 is 4.92 Å². The molecule has 2 heterocycles. The molecule has 0 aromatic carbocycles. The molecule has 14 heavy (non-hydrogen) atoms. The highest BCUT2D eigenvalue weighted by Gasteiger charge is 2.18. The van der Waals surface area contributed by atoms with Gasteiger partial charge in [-0.3, -0.25) is 0 Å². The fourth-order valence-corrected chi connectivity index (χ4v) is 1.34. The molecule has 2 rings (SSSR count). The van der Waals surface area contributed by atoms with Crippen LogP contribution in [0.4, 0.5) is 5.95 Å². The van der Waals surface area contributed by atoms with Gasteiger partial charge < -0.3 is 15.4 Å². The molecule has 0 saturated carbocycles. The van der Waals surface area contributed by atoms with Crippen LogP contribution in [-0.4, -0.2) is 32.8 Å². The quantitative estimate of drug-likeness (QED) is 0.533. The monoisotopic (exact) mass is 197 g/mol. The van der Waals surface area contributed by atoms with Gasteiger partial charge in [0.25, 0.3) is 0 Å². The maximum atomic E-state index is 10.3. The van der Waals surface area contributed by atoms with E-state index in [1.807, 2.05) is 0 Å². The first-order valence-electron chi connectivity index (χ1n) is 4.50. The van der Waals surface area contributed by atoms with Crippen molar-refractivity contribution < 1.29 is 4.92 Å². The first-order valence-corrected chi connectivity index (χ1v) is 4.50. The van der Waals surface area contributed by atoms with Gasteiger partial charge in [0.1, 0.15) is 0 Å². The highest BCUT2D eigenvalue weighted by molar-refractivity contribution is 4.96. The van der Waals surface area contributed by atoms with E-state index >= 15 is 0 Å². The molecule has 0 amide bonds. The summed E-state index contributed by atoms with van der Waals surface area (Å²) in [6.07, 6.45) is 2.40. The maximum Gasteiger partial charge on any atom is 0.490 e. The number of hydrogen-bond donors (Lipinski definition) is 1. The zero-order chi connectivity index (χ0) is 9.97. The number of hydrogen-bond acceptors (Lipinski definition) is 5. The van der Waals surface area contributed by atoms with Gasteiger partial charge in [0.05, 0.1) is 6.54 Å². The SMILES string of the molecule is O=[N+]([O-])c1ncn(CCC2CNC2)n1. The Morgan fingerprint density at radius 2 is 2.50 bits per heavy atom. The fraction of sp³-hybridized carbons (Fsp3) is 0.714. The number of nitro groups is 1. The predicted octanol–water partition coefficient (Wildman–Crippen LogP) is -0.204. The Balaban J connectivity index is 1.86. The van der Waals surface area contributed by atoms with Crippen molar-refractivity contribution in [3.8, 4) is 0 Å². The molecule has 0 aliphatic carbocycles. The Hall–Kier alpha value is -1.50. The van der Waals surface area contributed by atoms with Gasteiger partial charge in [0.2, 0.25) is 6.33 Å². The summed E-state index contributed by atoms with van der Waals surface area (Å²) in [5, 5.41) is 17.2. The minimum atomic E-state index is -0.582. The van der Waals surface area contributed by atoms with E-state index in [1.165, 1.54) is 11.0 Å². The first-order chi connectivity index (χ1) is 6.75. The van der Waals surface area contributed by atoms with Crippen LogP contribution in [0.3, 0.4) is 0 Å². The van der Waals surface area contributed by atoms with Crippen molar-refractivity contribution in [3.05, 3.63) is 16.4 Å². The summed E-state index contributed by atoms with van der Waals surface area (Å²) in [6, 6.07) is 0. The highest BCUT2D eigenvalue weighted by Crippen LogP contribution is 2.09. The summed E-state index contributed by atoms with van der Waals surface area (Å²) >= 11 is 0. The topological polar surface area (TPSA) is 85.9 Å².